The predicted octanol–water partition coefficient (Wildman–Crippen LogP) is 3.48. The summed E-state index contributed by atoms with van der Waals surface area (Å²) in [5.74, 6) is -0.0107. The molecule has 30 heavy (non-hydrogen) atoms. The number of fused-ring (bicyclic) bond motifs is 1. The normalized spacial score (nSPS) is 15.1. The van der Waals surface area contributed by atoms with Crippen molar-refractivity contribution in [3.8, 4) is 5.75 Å². The van der Waals surface area contributed by atoms with Gasteiger partial charge in [0.2, 0.25) is 5.91 Å². The Morgan fingerprint density at radius 2 is 1.97 bits per heavy atom. The number of ether oxygens (including phenoxy) is 1. The molecule has 0 atom stereocenters. The molecule has 2 aromatic carbocycles. The van der Waals surface area contributed by atoms with Crippen molar-refractivity contribution in [1.29, 1.82) is 0 Å². The molecule has 0 aliphatic carbocycles. The molecule has 1 saturated heterocycles. The summed E-state index contributed by atoms with van der Waals surface area (Å²) in [6.45, 7) is -0.174. The van der Waals surface area contributed by atoms with Crippen LogP contribution in [0.2, 0.25) is 0 Å². The number of hydrogen-bond acceptors (Lipinski definition) is 7. The van der Waals surface area contributed by atoms with E-state index in [2.05, 4.69) is 15.3 Å². The second-order valence-electron chi connectivity index (χ2n) is 6.32. The van der Waals surface area contributed by atoms with Crippen LogP contribution in [0.4, 0.5) is 5.69 Å². The number of methoxy groups -OCH3 is 1. The van der Waals surface area contributed by atoms with Gasteiger partial charge in [0.15, 0.2) is 0 Å². The Morgan fingerprint density at radius 3 is 2.77 bits per heavy atom. The van der Waals surface area contributed by atoms with Crippen LogP contribution in [0.3, 0.4) is 0 Å². The van der Waals surface area contributed by atoms with Crippen molar-refractivity contribution in [1.82, 2.24) is 14.9 Å². The molecule has 1 N–H and O–H groups in total. The largest absolute Gasteiger partial charge is 0.496 e. The fourth-order valence-electron chi connectivity index (χ4n) is 2.95. The van der Waals surface area contributed by atoms with Gasteiger partial charge in [0, 0.05) is 23.6 Å². The Kier molecular flexibility index (Phi) is 5.73. The maximum Gasteiger partial charge on any atom is 0.266 e. The molecule has 2 amide bonds. The molecule has 7 nitrogen and oxygen atoms in total. The first-order chi connectivity index (χ1) is 14.5. The molecule has 2 heterocycles. The number of benzene rings is 2. The summed E-state index contributed by atoms with van der Waals surface area (Å²) in [7, 11) is 1.57. The average Bonchev–Trinajstić information content (AvgIpc) is 3.01. The van der Waals surface area contributed by atoms with Crippen LogP contribution in [0.1, 0.15) is 5.56 Å². The number of carbonyl (C=O) groups is 2. The Balaban J connectivity index is 1.47. The van der Waals surface area contributed by atoms with Gasteiger partial charge >= 0.3 is 0 Å². The lowest BCUT2D eigenvalue weighted by Gasteiger charge is -2.14. The van der Waals surface area contributed by atoms with Crippen LogP contribution in [0.25, 0.3) is 17.1 Å². The molecule has 0 radical (unpaired) electrons. The fourth-order valence-corrected chi connectivity index (χ4v) is 4.19. The molecular formula is C21H16N4O3S2. The van der Waals surface area contributed by atoms with Crippen molar-refractivity contribution in [2.75, 3.05) is 19.0 Å². The van der Waals surface area contributed by atoms with E-state index in [9.17, 15) is 9.59 Å². The average molecular weight is 437 g/mol. The number of amides is 2. The number of anilines is 1. The van der Waals surface area contributed by atoms with Gasteiger partial charge in [0.1, 0.15) is 16.6 Å². The Labute approximate surface area is 182 Å². The molecule has 0 unspecified atom stereocenters. The quantitative estimate of drug-likeness (QED) is 0.484. The van der Waals surface area contributed by atoms with E-state index in [0.29, 0.717) is 26.2 Å². The van der Waals surface area contributed by atoms with Crippen molar-refractivity contribution in [3.05, 3.63) is 65.3 Å². The van der Waals surface area contributed by atoms with Gasteiger partial charge in [-0.2, -0.15) is 0 Å². The van der Waals surface area contributed by atoms with E-state index in [1.807, 2.05) is 24.3 Å². The van der Waals surface area contributed by atoms with Crippen molar-refractivity contribution in [2.24, 2.45) is 0 Å². The standard InChI is InChI=1S/C21H16N4O3S2/c1-28-17-5-3-2-4-13(17)10-18-20(27)25(21(29)30-18)12-19(26)24-14-6-7-15-16(11-14)23-9-8-22-15/h2-11H,12H2,1H3,(H,24,26). The van der Waals surface area contributed by atoms with Gasteiger partial charge in [-0.1, -0.05) is 42.2 Å². The molecule has 9 heteroatoms. The highest BCUT2D eigenvalue weighted by molar-refractivity contribution is 8.26. The van der Waals surface area contributed by atoms with E-state index in [1.165, 1.54) is 4.90 Å². The van der Waals surface area contributed by atoms with E-state index in [4.69, 9.17) is 17.0 Å². The Morgan fingerprint density at radius 1 is 1.20 bits per heavy atom. The van der Waals surface area contributed by atoms with Gasteiger partial charge in [-0.05, 0) is 30.3 Å². The lowest BCUT2D eigenvalue weighted by molar-refractivity contribution is -0.126. The number of thiocarbonyl (C=S) groups is 1. The number of carbonyl (C=O) groups excluding carboxylic acids is 2. The molecular weight excluding hydrogens is 420 g/mol. The highest BCUT2D eigenvalue weighted by atomic mass is 32.2. The zero-order valence-electron chi connectivity index (χ0n) is 15.9. The van der Waals surface area contributed by atoms with Crippen LogP contribution in [0.5, 0.6) is 5.75 Å². The number of hydrogen-bond donors (Lipinski definition) is 1. The van der Waals surface area contributed by atoms with Crippen LogP contribution >= 0.6 is 24.0 Å². The number of thioether (sulfide) groups is 1. The lowest BCUT2D eigenvalue weighted by Crippen LogP contribution is -2.36. The Hall–Kier alpha value is -3.30. The second kappa shape index (κ2) is 8.60. The molecule has 0 bridgehead atoms. The summed E-state index contributed by atoms with van der Waals surface area (Å²) in [5.41, 5.74) is 2.74. The van der Waals surface area contributed by atoms with E-state index in [1.54, 1.807) is 43.8 Å². The van der Waals surface area contributed by atoms with Crippen LogP contribution in [-0.2, 0) is 9.59 Å². The minimum Gasteiger partial charge on any atom is -0.496 e. The van der Waals surface area contributed by atoms with Crippen LogP contribution in [-0.4, -0.2) is 44.7 Å². The molecule has 4 rings (SSSR count). The summed E-state index contributed by atoms with van der Waals surface area (Å²) in [6, 6.07) is 12.6. The third-order valence-electron chi connectivity index (χ3n) is 4.35. The van der Waals surface area contributed by atoms with Gasteiger partial charge in [-0.15, -0.1) is 0 Å². The zero-order valence-corrected chi connectivity index (χ0v) is 17.5. The molecule has 0 spiro atoms. The number of para-hydroxylation sites is 1. The molecule has 1 aliphatic heterocycles. The molecule has 1 aliphatic rings. The monoisotopic (exact) mass is 436 g/mol. The lowest BCUT2D eigenvalue weighted by atomic mass is 10.2. The van der Waals surface area contributed by atoms with Crippen LogP contribution < -0.4 is 10.1 Å². The highest BCUT2D eigenvalue weighted by Gasteiger charge is 2.33. The minimum atomic E-state index is -0.354. The minimum absolute atomic E-state index is 0.174. The van der Waals surface area contributed by atoms with E-state index in [-0.39, 0.29) is 18.4 Å². The summed E-state index contributed by atoms with van der Waals surface area (Å²) >= 11 is 6.48. The predicted molar refractivity (Wildman–Crippen MR) is 121 cm³/mol. The maximum absolute atomic E-state index is 12.8. The first-order valence-corrected chi connectivity index (χ1v) is 10.2. The van der Waals surface area contributed by atoms with E-state index < -0.39 is 0 Å². The number of nitrogens with one attached hydrogen (secondary N) is 1. The summed E-state index contributed by atoms with van der Waals surface area (Å²) in [4.78, 5) is 35.5. The van der Waals surface area contributed by atoms with E-state index >= 15 is 0 Å². The van der Waals surface area contributed by atoms with Crippen LogP contribution in [0.15, 0.2) is 59.8 Å². The zero-order chi connectivity index (χ0) is 21.1. The number of nitrogens with zero attached hydrogens (tertiary/aromatic N) is 3. The molecule has 3 aromatic rings. The third kappa shape index (κ3) is 4.17. The van der Waals surface area contributed by atoms with Gasteiger partial charge < -0.3 is 10.1 Å². The van der Waals surface area contributed by atoms with Gasteiger partial charge in [0.25, 0.3) is 5.91 Å². The van der Waals surface area contributed by atoms with Crippen LogP contribution in [0, 0.1) is 0 Å². The fraction of sp³-hybridized carbons (Fsp3) is 0.0952. The SMILES string of the molecule is COc1ccccc1C=C1SC(=S)N(CC(=O)Nc2ccc3nccnc3c2)C1=O. The van der Waals surface area contributed by atoms with Crippen molar-refractivity contribution >= 4 is 62.9 Å². The molecule has 0 saturated carbocycles. The number of aromatic nitrogens is 2. The van der Waals surface area contributed by atoms with Crippen molar-refractivity contribution in [2.45, 2.75) is 0 Å². The summed E-state index contributed by atoms with van der Waals surface area (Å²) in [5, 5.41) is 2.78. The van der Waals surface area contributed by atoms with E-state index in [0.717, 1.165) is 22.8 Å². The van der Waals surface area contributed by atoms with Gasteiger partial charge in [-0.25, -0.2) is 0 Å². The van der Waals surface area contributed by atoms with Gasteiger partial charge in [0.05, 0.1) is 23.0 Å². The smallest absolute Gasteiger partial charge is 0.266 e. The van der Waals surface area contributed by atoms with Crippen molar-refractivity contribution < 1.29 is 14.3 Å². The first kappa shape index (κ1) is 20.0. The number of rotatable bonds is 5. The third-order valence-corrected chi connectivity index (χ3v) is 5.73. The molecule has 1 fully saturated rings. The maximum atomic E-state index is 12.8. The molecule has 150 valence electrons. The highest BCUT2D eigenvalue weighted by Crippen LogP contribution is 2.34. The topological polar surface area (TPSA) is 84.4 Å². The Bertz CT molecular complexity index is 1200. The van der Waals surface area contributed by atoms with Crippen molar-refractivity contribution in [3.63, 3.8) is 0 Å². The summed E-state index contributed by atoms with van der Waals surface area (Å²) < 4.78 is 5.65. The van der Waals surface area contributed by atoms with Gasteiger partial charge in [-0.3, -0.25) is 24.5 Å². The molecule has 1 aromatic heterocycles. The first-order valence-electron chi connectivity index (χ1n) is 8.94. The summed E-state index contributed by atoms with van der Waals surface area (Å²) in [6.07, 6.45) is 4.91. The second-order valence-corrected chi connectivity index (χ2v) is 7.99.